The molecule has 2 aromatic carbocycles. The molecule has 5 rings (SSSR count). The van der Waals surface area contributed by atoms with E-state index in [2.05, 4.69) is 34.4 Å². The zero-order valence-electron chi connectivity index (χ0n) is 17.0. The van der Waals surface area contributed by atoms with Gasteiger partial charge in [-0.2, -0.15) is 0 Å². The second-order valence-electron chi connectivity index (χ2n) is 7.87. The number of nitrogens with one attached hydrogen (secondary N) is 1. The van der Waals surface area contributed by atoms with E-state index in [1.54, 1.807) is 6.07 Å². The minimum absolute atomic E-state index is 0.203. The standard InChI is InChI=1S/C24H23N3O2S/c1-15-19(13-21(29-15)17-6-4-3-5-7-17)23(28)26-24-25-20-11-8-16(12-22(20)30-24)14-27(2)18-9-10-18/h3-8,11-13,18H,9-10,14H2,1-2H3,(H,25,26,28). The van der Waals surface area contributed by atoms with Gasteiger partial charge in [-0.1, -0.05) is 47.7 Å². The maximum absolute atomic E-state index is 12.8. The van der Waals surface area contributed by atoms with E-state index in [9.17, 15) is 4.79 Å². The smallest absolute Gasteiger partial charge is 0.261 e. The van der Waals surface area contributed by atoms with Crippen LogP contribution in [0.2, 0.25) is 0 Å². The van der Waals surface area contributed by atoms with Crippen LogP contribution in [0.15, 0.2) is 59.0 Å². The number of anilines is 1. The van der Waals surface area contributed by atoms with Crippen LogP contribution in [0.3, 0.4) is 0 Å². The fraction of sp³-hybridized carbons (Fsp3) is 0.250. The number of aromatic nitrogens is 1. The van der Waals surface area contributed by atoms with Crippen LogP contribution in [0.25, 0.3) is 21.5 Å². The van der Waals surface area contributed by atoms with Gasteiger partial charge in [-0.15, -0.1) is 0 Å². The molecule has 1 aliphatic carbocycles. The van der Waals surface area contributed by atoms with Crippen molar-refractivity contribution < 1.29 is 9.21 Å². The fourth-order valence-corrected chi connectivity index (χ4v) is 4.59. The highest BCUT2D eigenvalue weighted by atomic mass is 32.1. The summed E-state index contributed by atoms with van der Waals surface area (Å²) in [6.07, 6.45) is 2.60. The van der Waals surface area contributed by atoms with Gasteiger partial charge in [0, 0.05) is 18.2 Å². The van der Waals surface area contributed by atoms with E-state index in [0.717, 1.165) is 28.4 Å². The lowest BCUT2D eigenvalue weighted by atomic mass is 10.1. The van der Waals surface area contributed by atoms with Crippen molar-refractivity contribution in [2.75, 3.05) is 12.4 Å². The molecule has 152 valence electrons. The average molecular weight is 418 g/mol. The number of hydrogen-bond acceptors (Lipinski definition) is 5. The van der Waals surface area contributed by atoms with E-state index in [1.165, 1.54) is 29.7 Å². The molecule has 0 saturated heterocycles. The molecule has 1 aliphatic rings. The number of furan rings is 1. The lowest BCUT2D eigenvalue weighted by Gasteiger charge is -2.15. The quantitative estimate of drug-likeness (QED) is 0.436. The second-order valence-corrected chi connectivity index (χ2v) is 8.90. The zero-order valence-corrected chi connectivity index (χ0v) is 17.8. The van der Waals surface area contributed by atoms with E-state index in [4.69, 9.17) is 4.42 Å². The number of rotatable bonds is 6. The van der Waals surface area contributed by atoms with Gasteiger partial charge in [-0.05, 0) is 50.6 Å². The number of nitrogens with zero attached hydrogens (tertiary/aromatic N) is 2. The maximum atomic E-state index is 12.8. The molecule has 1 fully saturated rings. The number of amides is 1. The fourth-order valence-electron chi connectivity index (χ4n) is 3.67. The normalized spacial score (nSPS) is 13.8. The summed E-state index contributed by atoms with van der Waals surface area (Å²) in [7, 11) is 2.18. The Hall–Kier alpha value is -2.96. The molecule has 0 unspecified atom stereocenters. The summed E-state index contributed by atoms with van der Waals surface area (Å²) in [6, 6.07) is 18.6. The highest BCUT2D eigenvalue weighted by molar-refractivity contribution is 7.22. The van der Waals surface area contributed by atoms with E-state index < -0.39 is 0 Å². The molecule has 1 N–H and O–H groups in total. The summed E-state index contributed by atoms with van der Waals surface area (Å²) in [4.78, 5) is 19.8. The van der Waals surface area contributed by atoms with Crippen molar-refractivity contribution in [1.82, 2.24) is 9.88 Å². The molecule has 30 heavy (non-hydrogen) atoms. The molecule has 1 saturated carbocycles. The van der Waals surface area contributed by atoms with Gasteiger partial charge in [0.05, 0.1) is 15.8 Å². The Kier molecular flexibility index (Phi) is 4.89. The molecule has 0 spiro atoms. The number of carbonyl (C=O) groups excluding carboxylic acids is 1. The first-order valence-electron chi connectivity index (χ1n) is 10.1. The summed E-state index contributed by atoms with van der Waals surface area (Å²) < 4.78 is 6.90. The Labute approximate surface area is 179 Å². The van der Waals surface area contributed by atoms with Crippen LogP contribution in [0.5, 0.6) is 0 Å². The van der Waals surface area contributed by atoms with Gasteiger partial charge in [-0.3, -0.25) is 15.0 Å². The van der Waals surface area contributed by atoms with Crippen molar-refractivity contribution in [3.63, 3.8) is 0 Å². The molecule has 5 nitrogen and oxygen atoms in total. The Morgan fingerprint density at radius 3 is 2.77 bits per heavy atom. The highest BCUT2D eigenvalue weighted by Crippen LogP contribution is 2.31. The van der Waals surface area contributed by atoms with Crippen LogP contribution in [-0.2, 0) is 6.54 Å². The van der Waals surface area contributed by atoms with Crippen molar-refractivity contribution in [1.29, 1.82) is 0 Å². The molecule has 4 aromatic rings. The summed E-state index contributed by atoms with van der Waals surface area (Å²) in [5.74, 6) is 1.08. The Morgan fingerprint density at radius 1 is 1.20 bits per heavy atom. The molecule has 0 radical (unpaired) electrons. The van der Waals surface area contributed by atoms with Crippen LogP contribution in [0.4, 0.5) is 5.13 Å². The van der Waals surface area contributed by atoms with Crippen molar-refractivity contribution in [3.8, 4) is 11.3 Å². The highest BCUT2D eigenvalue weighted by Gasteiger charge is 2.26. The second kappa shape index (κ2) is 7.70. The predicted octanol–water partition coefficient (Wildman–Crippen LogP) is 5.71. The Balaban J connectivity index is 1.34. The third-order valence-corrected chi connectivity index (χ3v) is 6.43. The van der Waals surface area contributed by atoms with E-state index in [-0.39, 0.29) is 5.91 Å². The minimum atomic E-state index is -0.203. The number of carbonyl (C=O) groups is 1. The monoisotopic (exact) mass is 417 g/mol. The Morgan fingerprint density at radius 2 is 2.00 bits per heavy atom. The molecule has 0 bridgehead atoms. The Bertz CT molecular complexity index is 1210. The summed E-state index contributed by atoms with van der Waals surface area (Å²) >= 11 is 1.50. The largest absolute Gasteiger partial charge is 0.461 e. The van der Waals surface area contributed by atoms with Gasteiger partial charge in [0.25, 0.3) is 5.91 Å². The van der Waals surface area contributed by atoms with Crippen LogP contribution < -0.4 is 5.32 Å². The van der Waals surface area contributed by atoms with Crippen molar-refractivity contribution >= 4 is 32.6 Å². The first-order valence-corrected chi connectivity index (χ1v) is 11.0. The molecular weight excluding hydrogens is 394 g/mol. The lowest BCUT2D eigenvalue weighted by molar-refractivity contribution is 0.102. The van der Waals surface area contributed by atoms with Gasteiger partial charge in [0.2, 0.25) is 0 Å². The third-order valence-electron chi connectivity index (χ3n) is 5.50. The van der Waals surface area contributed by atoms with Crippen molar-refractivity contribution in [3.05, 3.63) is 71.5 Å². The van der Waals surface area contributed by atoms with Crippen LogP contribution in [0, 0.1) is 6.92 Å². The SMILES string of the molecule is Cc1oc(-c2ccccc2)cc1C(=O)Nc1nc2ccc(CN(C)C3CC3)cc2s1. The molecular formula is C24H23N3O2S. The first-order chi connectivity index (χ1) is 14.6. The third kappa shape index (κ3) is 3.88. The van der Waals surface area contributed by atoms with E-state index >= 15 is 0 Å². The first kappa shape index (κ1) is 19.0. The molecule has 0 aliphatic heterocycles. The van der Waals surface area contributed by atoms with Crippen LogP contribution in [-0.4, -0.2) is 28.9 Å². The van der Waals surface area contributed by atoms with Crippen molar-refractivity contribution in [2.24, 2.45) is 0 Å². The molecule has 1 amide bonds. The van der Waals surface area contributed by atoms with Gasteiger partial charge < -0.3 is 4.42 Å². The van der Waals surface area contributed by atoms with Gasteiger partial charge in [0.1, 0.15) is 11.5 Å². The average Bonchev–Trinajstić information content (AvgIpc) is 3.41. The number of thiazole rings is 1. The van der Waals surface area contributed by atoms with Crippen LogP contribution >= 0.6 is 11.3 Å². The van der Waals surface area contributed by atoms with Crippen LogP contribution in [0.1, 0.15) is 34.5 Å². The zero-order chi connectivity index (χ0) is 20.7. The summed E-state index contributed by atoms with van der Waals surface area (Å²) in [6.45, 7) is 2.75. The minimum Gasteiger partial charge on any atom is -0.461 e. The number of hydrogen-bond donors (Lipinski definition) is 1. The van der Waals surface area contributed by atoms with Gasteiger partial charge in [-0.25, -0.2) is 4.98 Å². The predicted molar refractivity (Wildman–Crippen MR) is 121 cm³/mol. The molecule has 6 heteroatoms. The van der Waals surface area contributed by atoms with Gasteiger partial charge in [0.15, 0.2) is 5.13 Å². The summed E-state index contributed by atoms with van der Waals surface area (Å²) in [5, 5.41) is 3.54. The van der Waals surface area contributed by atoms with Crippen molar-refractivity contribution in [2.45, 2.75) is 32.4 Å². The summed E-state index contributed by atoms with van der Waals surface area (Å²) in [5.41, 5.74) is 3.65. The molecule has 2 aromatic heterocycles. The maximum Gasteiger partial charge on any atom is 0.261 e. The molecule has 2 heterocycles. The number of fused-ring (bicyclic) bond motifs is 1. The van der Waals surface area contributed by atoms with E-state index in [1.807, 2.05) is 43.3 Å². The lowest BCUT2D eigenvalue weighted by Crippen LogP contribution is -2.19. The topological polar surface area (TPSA) is 58.4 Å². The van der Waals surface area contributed by atoms with Gasteiger partial charge >= 0.3 is 0 Å². The van der Waals surface area contributed by atoms with E-state index in [0.29, 0.717) is 22.2 Å². The number of benzene rings is 2. The number of aryl methyl sites for hydroxylation is 1. The molecule has 0 atom stereocenters.